The van der Waals surface area contributed by atoms with Gasteiger partial charge in [0.15, 0.2) is 0 Å². The molecule has 0 fully saturated rings. The van der Waals surface area contributed by atoms with Crippen molar-refractivity contribution < 1.29 is 46.4 Å². The Morgan fingerprint density at radius 2 is 1.26 bits per heavy atom. The smallest absolute Gasteiger partial charge is 0.427 e. The van der Waals surface area contributed by atoms with Crippen LogP contribution in [0.1, 0.15) is 13.8 Å². The van der Waals surface area contributed by atoms with Crippen molar-refractivity contribution in [1.29, 1.82) is 0 Å². The Kier molecular flexibility index (Phi) is 12.3. The van der Waals surface area contributed by atoms with E-state index in [-0.39, 0.29) is 45.2 Å². The zero-order chi connectivity index (χ0) is 20.9. The first-order valence-electron chi connectivity index (χ1n) is 8.04. The van der Waals surface area contributed by atoms with Crippen molar-refractivity contribution in [3.05, 3.63) is 24.3 Å². The molecule has 156 valence electrons. The summed E-state index contributed by atoms with van der Waals surface area (Å²) in [5.41, 5.74) is 0.155. The normalized spacial score (nSPS) is 12.3. The second-order valence-corrected chi connectivity index (χ2v) is 5.43. The molecule has 0 aromatic rings. The van der Waals surface area contributed by atoms with Gasteiger partial charge in [0.25, 0.3) is 0 Å². The molecule has 0 aliphatic rings. The summed E-state index contributed by atoms with van der Waals surface area (Å²) >= 11 is 0. The summed E-state index contributed by atoms with van der Waals surface area (Å²) in [6, 6.07) is 0. The number of halogens is 3. The maximum absolute atomic E-state index is 12.7. The fraction of sp³-hybridized carbons (Fsp3) is 0.647. The van der Waals surface area contributed by atoms with Crippen LogP contribution in [0.5, 0.6) is 0 Å². The van der Waals surface area contributed by atoms with E-state index >= 15 is 0 Å². The Morgan fingerprint density at radius 3 is 1.70 bits per heavy atom. The second-order valence-electron chi connectivity index (χ2n) is 5.43. The van der Waals surface area contributed by atoms with E-state index in [0.29, 0.717) is 5.57 Å². The van der Waals surface area contributed by atoms with E-state index in [1.54, 1.807) is 0 Å². The standard InChI is InChI=1S/C17H25F3O7/c1-12(2)15(21)26-10-9-24-6-5-23-7-8-25-11-14(17(18,19)20)27-16(22)13(3)4/h14H,1,3,5-11H2,2,4H3. The van der Waals surface area contributed by atoms with Crippen LogP contribution in [0.15, 0.2) is 24.3 Å². The lowest BCUT2D eigenvalue weighted by atomic mass is 10.3. The first-order chi connectivity index (χ1) is 12.6. The number of alkyl halides is 3. The minimum absolute atomic E-state index is 0.0347. The highest BCUT2D eigenvalue weighted by molar-refractivity contribution is 5.87. The van der Waals surface area contributed by atoms with Gasteiger partial charge in [-0.05, 0) is 13.8 Å². The molecule has 0 saturated carbocycles. The molecule has 10 heteroatoms. The summed E-state index contributed by atoms with van der Waals surface area (Å²) in [6.45, 7) is 9.16. The van der Waals surface area contributed by atoms with E-state index in [9.17, 15) is 22.8 Å². The second kappa shape index (κ2) is 13.3. The average Bonchev–Trinajstić information content (AvgIpc) is 2.56. The number of rotatable bonds is 14. The highest BCUT2D eigenvalue weighted by Crippen LogP contribution is 2.24. The fourth-order valence-corrected chi connectivity index (χ4v) is 1.37. The Labute approximate surface area is 156 Å². The van der Waals surface area contributed by atoms with Gasteiger partial charge < -0.3 is 23.7 Å². The fourth-order valence-electron chi connectivity index (χ4n) is 1.37. The summed E-state index contributed by atoms with van der Waals surface area (Å²) in [6.07, 6.45) is -7.11. The van der Waals surface area contributed by atoms with Gasteiger partial charge in [0.05, 0.1) is 39.6 Å². The SMILES string of the molecule is C=C(C)C(=O)OCCOCCOCCOCC(OC(=O)C(=C)C)C(F)(F)F. The third kappa shape index (κ3) is 13.0. The Morgan fingerprint density at radius 1 is 0.815 bits per heavy atom. The Bertz CT molecular complexity index is 503. The zero-order valence-electron chi connectivity index (χ0n) is 15.4. The van der Waals surface area contributed by atoms with Gasteiger partial charge >= 0.3 is 18.1 Å². The number of hydrogen-bond donors (Lipinski definition) is 0. The summed E-state index contributed by atoms with van der Waals surface area (Å²) in [7, 11) is 0. The molecule has 27 heavy (non-hydrogen) atoms. The van der Waals surface area contributed by atoms with Gasteiger partial charge in [-0.3, -0.25) is 0 Å². The van der Waals surface area contributed by atoms with Crippen LogP contribution < -0.4 is 0 Å². The molecule has 0 heterocycles. The van der Waals surface area contributed by atoms with Gasteiger partial charge in [-0.1, -0.05) is 13.2 Å². The average molecular weight is 398 g/mol. The van der Waals surface area contributed by atoms with Gasteiger partial charge in [0.1, 0.15) is 6.61 Å². The molecule has 0 aliphatic heterocycles. The molecule has 0 radical (unpaired) electrons. The van der Waals surface area contributed by atoms with Crippen LogP contribution >= 0.6 is 0 Å². The zero-order valence-corrected chi connectivity index (χ0v) is 15.4. The van der Waals surface area contributed by atoms with Crippen molar-refractivity contribution >= 4 is 11.9 Å². The first-order valence-corrected chi connectivity index (χ1v) is 8.04. The first kappa shape index (κ1) is 25.1. The van der Waals surface area contributed by atoms with Crippen LogP contribution in [-0.4, -0.2) is 70.5 Å². The van der Waals surface area contributed by atoms with Crippen molar-refractivity contribution in [2.75, 3.05) is 46.2 Å². The Balaban J connectivity index is 3.73. The molecule has 1 atom stereocenters. The predicted molar refractivity (Wildman–Crippen MR) is 89.0 cm³/mol. The van der Waals surface area contributed by atoms with E-state index in [1.807, 2.05) is 0 Å². The Hall–Kier alpha value is -1.91. The summed E-state index contributed by atoms with van der Waals surface area (Å²) in [5.74, 6) is -1.64. The summed E-state index contributed by atoms with van der Waals surface area (Å²) in [5, 5.41) is 0. The number of esters is 2. The molecule has 0 aromatic carbocycles. The van der Waals surface area contributed by atoms with Crippen LogP contribution in [0.3, 0.4) is 0 Å². The number of carbonyl (C=O) groups excluding carboxylic acids is 2. The number of carbonyl (C=O) groups is 2. The lowest BCUT2D eigenvalue weighted by molar-refractivity contribution is -0.230. The lowest BCUT2D eigenvalue weighted by Gasteiger charge is -2.20. The number of ether oxygens (including phenoxy) is 5. The van der Waals surface area contributed by atoms with Crippen molar-refractivity contribution in [2.24, 2.45) is 0 Å². The minimum Gasteiger partial charge on any atom is -0.460 e. The largest absolute Gasteiger partial charge is 0.460 e. The molecule has 0 spiro atoms. The van der Waals surface area contributed by atoms with E-state index in [4.69, 9.17) is 18.9 Å². The van der Waals surface area contributed by atoms with E-state index in [1.165, 1.54) is 13.8 Å². The third-order valence-corrected chi connectivity index (χ3v) is 2.79. The quantitative estimate of drug-likeness (QED) is 0.252. The molecule has 1 unspecified atom stereocenters. The minimum atomic E-state index is -4.74. The van der Waals surface area contributed by atoms with Gasteiger partial charge in [0.2, 0.25) is 6.10 Å². The molecule has 0 rings (SSSR count). The molecule has 0 aromatic heterocycles. The van der Waals surface area contributed by atoms with E-state index in [2.05, 4.69) is 17.9 Å². The predicted octanol–water partition coefficient (Wildman–Crippen LogP) is 2.21. The van der Waals surface area contributed by atoms with Crippen LogP contribution in [0.2, 0.25) is 0 Å². The molecule has 0 aliphatic carbocycles. The van der Waals surface area contributed by atoms with Crippen molar-refractivity contribution in [3.8, 4) is 0 Å². The van der Waals surface area contributed by atoms with E-state index < -0.39 is 30.8 Å². The van der Waals surface area contributed by atoms with Gasteiger partial charge in [-0.25, -0.2) is 9.59 Å². The maximum atomic E-state index is 12.7. The molecule has 0 bridgehead atoms. The maximum Gasteiger partial charge on any atom is 0.427 e. The molecular weight excluding hydrogens is 373 g/mol. The summed E-state index contributed by atoms with van der Waals surface area (Å²) in [4.78, 5) is 22.3. The van der Waals surface area contributed by atoms with Gasteiger partial charge in [-0.15, -0.1) is 0 Å². The van der Waals surface area contributed by atoms with Crippen molar-refractivity contribution in [2.45, 2.75) is 26.1 Å². The number of hydrogen-bond acceptors (Lipinski definition) is 7. The van der Waals surface area contributed by atoms with Crippen LogP contribution in [-0.2, 0) is 33.3 Å². The van der Waals surface area contributed by atoms with Crippen molar-refractivity contribution in [3.63, 3.8) is 0 Å². The molecule has 0 amide bonds. The molecule has 0 saturated heterocycles. The highest BCUT2D eigenvalue weighted by Gasteiger charge is 2.43. The topological polar surface area (TPSA) is 80.3 Å². The summed E-state index contributed by atoms with van der Waals surface area (Å²) < 4.78 is 62.4. The van der Waals surface area contributed by atoms with Gasteiger partial charge in [0, 0.05) is 11.1 Å². The molecule has 0 N–H and O–H groups in total. The van der Waals surface area contributed by atoms with Crippen molar-refractivity contribution in [1.82, 2.24) is 0 Å². The van der Waals surface area contributed by atoms with Crippen LogP contribution in [0, 0.1) is 0 Å². The highest BCUT2D eigenvalue weighted by atomic mass is 19.4. The van der Waals surface area contributed by atoms with E-state index in [0.717, 1.165) is 0 Å². The van der Waals surface area contributed by atoms with Gasteiger partial charge in [-0.2, -0.15) is 13.2 Å². The molecular formula is C17H25F3O7. The monoisotopic (exact) mass is 398 g/mol. The molecule has 7 nitrogen and oxygen atoms in total. The third-order valence-electron chi connectivity index (χ3n) is 2.79. The lowest BCUT2D eigenvalue weighted by Crippen LogP contribution is -2.38. The van der Waals surface area contributed by atoms with Crippen LogP contribution in [0.25, 0.3) is 0 Å². The van der Waals surface area contributed by atoms with Crippen LogP contribution in [0.4, 0.5) is 13.2 Å².